The van der Waals surface area contributed by atoms with E-state index in [0.29, 0.717) is 17.3 Å². The molecule has 146 valence electrons. The van der Waals surface area contributed by atoms with Gasteiger partial charge in [-0.15, -0.1) is 0 Å². The van der Waals surface area contributed by atoms with Gasteiger partial charge in [-0.1, -0.05) is 31.1 Å². The minimum absolute atomic E-state index is 0.0327. The van der Waals surface area contributed by atoms with Crippen molar-refractivity contribution in [1.29, 1.82) is 0 Å². The number of rotatable bonds is 7. The van der Waals surface area contributed by atoms with Gasteiger partial charge >= 0.3 is 0 Å². The van der Waals surface area contributed by atoms with Crippen LogP contribution < -0.4 is 0 Å². The lowest BCUT2D eigenvalue weighted by molar-refractivity contribution is 0.313. The number of furan rings is 1. The Hall–Kier alpha value is -2.46. The predicted molar refractivity (Wildman–Crippen MR) is 95.3 cm³/mol. The Kier molecular flexibility index (Phi) is 5.20. The van der Waals surface area contributed by atoms with E-state index in [1.54, 1.807) is 19.9 Å². The molecule has 3 rings (SSSR count). The number of aromatic nitrogens is 3. The molecule has 0 fully saturated rings. The first kappa shape index (κ1) is 19.3. The van der Waals surface area contributed by atoms with Gasteiger partial charge in [0.25, 0.3) is 10.0 Å². The number of nitrogens with zero attached hydrogens (tertiary/aromatic N) is 4. The maximum Gasteiger partial charge on any atom is 0.276 e. The lowest BCUT2D eigenvalue weighted by Crippen LogP contribution is -2.30. The Morgan fingerprint density at radius 1 is 1.15 bits per heavy atom. The minimum atomic E-state index is -3.88. The van der Waals surface area contributed by atoms with Crippen molar-refractivity contribution in [2.24, 2.45) is 0 Å². The van der Waals surface area contributed by atoms with Crippen LogP contribution in [0.3, 0.4) is 0 Å². The average Bonchev–Trinajstić information content (AvgIpc) is 3.34. The number of sulfonamides is 1. The van der Waals surface area contributed by atoms with Crippen molar-refractivity contribution < 1.29 is 21.9 Å². The molecule has 3 aromatic heterocycles. The largest absolute Gasteiger partial charge is 0.440 e. The zero-order valence-corrected chi connectivity index (χ0v) is 16.7. The van der Waals surface area contributed by atoms with E-state index < -0.39 is 10.0 Å². The molecule has 0 aliphatic rings. The molecule has 0 saturated carbocycles. The Labute approximate surface area is 157 Å². The topological polar surface area (TPSA) is 115 Å². The molecule has 0 N–H and O–H groups in total. The first-order valence-electron chi connectivity index (χ1n) is 8.59. The Morgan fingerprint density at radius 2 is 1.89 bits per heavy atom. The van der Waals surface area contributed by atoms with Gasteiger partial charge in [0.15, 0.2) is 11.6 Å². The summed E-state index contributed by atoms with van der Waals surface area (Å²) >= 11 is 0. The molecule has 0 radical (unpaired) electrons. The van der Waals surface area contributed by atoms with Crippen LogP contribution in [-0.4, -0.2) is 34.6 Å². The Balaban J connectivity index is 1.86. The number of aryl methyl sites for hydroxylation is 1. The molecule has 3 heterocycles. The number of hydrogen-bond acceptors (Lipinski definition) is 8. The molecule has 0 spiro atoms. The van der Waals surface area contributed by atoms with E-state index in [1.807, 2.05) is 20.8 Å². The SMILES string of the molecule is CCN(Cc1nc(C(C)C)no1)S(=O)(=O)c1ccc(-c2onc(C)c2C)o1. The highest BCUT2D eigenvalue weighted by molar-refractivity contribution is 7.89. The summed E-state index contributed by atoms with van der Waals surface area (Å²) in [5.41, 5.74) is 1.52. The molecule has 3 aromatic rings. The van der Waals surface area contributed by atoms with Crippen molar-refractivity contribution in [3.8, 4) is 11.5 Å². The summed E-state index contributed by atoms with van der Waals surface area (Å²) < 4.78 is 43.0. The van der Waals surface area contributed by atoms with Gasteiger partial charge < -0.3 is 13.5 Å². The van der Waals surface area contributed by atoms with Crippen LogP contribution in [0.2, 0.25) is 0 Å². The zero-order valence-electron chi connectivity index (χ0n) is 15.9. The molecule has 0 bridgehead atoms. The van der Waals surface area contributed by atoms with Gasteiger partial charge in [-0.2, -0.15) is 9.29 Å². The summed E-state index contributed by atoms with van der Waals surface area (Å²) in [5.74, 6) is 1.58. The molecular weight excluding hydrogens is 372 g/mol. The number of hydrogen-bond donors (Lipinski definition) is 0. The van der Waals surface area contributed by atoms with Crippen LogP contribution in [0.25, 0.3) is 11.5 Å². The first-order chi connectivity index (χ1) is 12.7. The van der Waals surface area contributed by atoms with E-state index in [-0.39, 0.29) is 30.0 Å². The van der Waals surface area contributed by atoms with Gasteiger partial charge in [0.1, 0.15) is 0 Å². The summed E-state index contributed by atoms with van der Waals surface area (Å²) in [7, 11) is -3.88. The second kappa shape index (κ2) is 7.28. The van der Waals surface area contributed by atoms with E-state index in [1.165, 1.54) is 10.4 Å². The summed E-state index contributed by atoms with van der Waals surface area (Å²) in [6.45, 7) is 9.41. The molecule has 27 heavy (non-hydrogen) atoms. The summed E-state index contributed by atoms with van der Waals surface area (Å²) in [5, 5.41) is 7.54. The molecule has 0 aliphatic carbocycles. The van der Waals surface area contributed by atoms with Crippen LogP contribution >= 0.6 is 0 Å². The summed E-state index contributed by atoms with van der Waals surface area (Å²) in [6, 6.07) is 2.95. The summed E-state index contributed by atoms with van der Waals surface area (Å²) in [4.78, 5) is 4.23. The third kappa shape index (κ3) is 3.67. The minimum Gasteiger partial charge on any atom is -0.440 e. The average molecular weight is 394 g/mol. The van der Waals surface area contributed by atoms with Crippen molar-refractivity contribution in [2.75, 3.05) is 6.54 Å². The van der Waals surface area contributed by atoms with Crippen LogP contribution in [-0.2, 0) is 16.6 Å². The lowest BCUT2D eigenvalue weighted by Gasteiger charge is -2.16. The Bertz CT molecular complexity index is 1030. The van der Waals surface area contributed by atoms with Crippen molar-refractivity contribution in [3.05, 3.63) is 35.1 Å². The van der Waals surface area contributed by atoms with Crippen molar-refractivity contribution in [1.82, 2.24) is 19.6 Å². The maximum absolute atomic E-state index is 12.9. The normalized spacial score (nSPS) is 12.4. The van der Waals surface area contributed by atoms with E-state index in [0.717, 1.165) is 11.3 Å². The van der Waals surface area contributed by atoms with Crippen molar-refractivity contribution in [3.63, 3.8) is 0 Å². The second-order valence-electron chi connectivity index (χ2n) is 6.47. The highest BCUT2D eigenvalue weighted by atomic mass is 32.2. The van der Waals surface area contributed by atoms with E-state index in [4.69, 9.17) is 13.5 Å². The quantitative estimate of drug-likeness (QED) is 0.599. The second-order valence-corrected chi connectivity index (χ2v) is 8.34. The fourth-order valence-electron chi connectivity index (χ4n) is 2.44. The summed E-state index contributed by atoms with van der Waals surface area (Å²) in [6.07, 6.45) is 0. The molecule has 9 nitrogen and oxygen atoms in total. The molecule has 0 amide bonds. The third-order valence-electron chi connectivity index (χ3n) is 4.22. The highest BCUT2D eigenvalue weighted by Gasteiger charge is 2.29. The van der Waals surface area contributed by atoms with Gasteiger partial charge in [-0.05, 0) is 26.0 Å². The van der Waals surface area contributed by atoms with Gasteiger partial charge in [0.05, 0.1) is 12.2 Å². The molecule has 0 atom stereocenters. The van der Waals surface area contributed by atoms with E-state index in [2.05, 4.69) is 15.3 Å². The molecule has 0 aliphatic heterocycles. The van der Waals surface area contributed by atoms with Gasteiger partial charge in [-0.3, -0.25) is 0 Å². The lowest BCUT2D eigenvalue weighted by atomic mass is 10.2. The molecule has 0 saturated heterocycles. The predicted octanol–water partition coefficient (Wildman–Crippen LogP) is 3.27. The van der Waals surface area contributed by atoms with Crippen LogP contribution in [0.15, 0.2) is 30.7 Å². The van der Waals surface area contributed by atoms with Crippen molar-refractivity contribution in [2.45, 2.75) is 52.2 Å². The van der Waals surface area contributed by atoms with Crippen LogP contribution in [0.1, 0.15) is 49.7 Å². The fraction of sp³-hybridized carbons (Fsp3) is 0.471. The molecule has 0 unspecified atom stereocenters. The third-order valence-corrected chi connectivity index (χ3v) is 6.02. The first-order valence-corrected chi connectivity index (χ1v) is 10.0. The fourth-order valence-corrected chi connectivity index (χ4v) is 3.75. The Morgan fingerprint density at radius 3 is 2.44 bits per heavy atom. The maximum atomic E-state index is 12.9. The monoisotopic (exact) mass is 394 g/mol. The van der Waals surface area contributed by atoms with Crippen LogP contribution in [0.5, 0.6) is 0 Å². The molecular formula is C17H22N4O5S. The van der Waals surface area contributed by atoms with E-state index >= 15 is 0 Å². The van der Waals surface area contributed by atoms with Crippen LogP contribution in [0, 0.1) is 13.8 Å². The highest BCUT2D eigenvalue weighted by Crippen LogP contribution is 2.30. The van der Waals surface area contributed by atoms with E-state index in [9.17, 15) is 8.42 Å². The van der Waals surface area contributed by atoms with Gasteiger partial charge in [-0.25, -0.2) is 8.42 Å². The zero-order chi connectivity index (χ0) is 19.8. The molecule has 0 aromatic carbocycles. The standard InChI is InChI=1S/C17H22N4O5S/c1-6-21(9-14-18-17(10(2)3)20-25-14)27(22,23)15-8-7-13(24-15)16-11(4)12(5)19-26-16/h7-8,10H,6,9H2,1-5H3. The van der Waals surface area contributed by atoms with Crippen LogP contribution in [0.4, 0.5) is 0 Å². The van der Waals surface area contributed by atoms with Gasteiger partial charge in [0.2, 0.25) is 16.7 Å². The van der Waals surface area contributed by atoms with Gasteiger partial charge in [0, 0.05) is 18.0 Å². The smallest absolute Gasteiger partial charge is 0.276 e. The molecule has 10 heteroatoms. The van der Waals surface area contributed by atoms with Crippen molar-refractivity contribution >= 4 is 10.0 Å².